The topological polar surface area (TPSA) is 64.4 Å². The fourth-order valence-electron chi connectivity index (χ4n) is 2.61. The molecular formula is C16H17ClN2O2S. The molecule has 4 nitrogen and oxygen atoms in total. The quantitative estimate of drug-likeness (QED) is 0.898. The Hall–Kier alpha value is -1.56. The van der Waals surface area contributed by atoms with Crippen molar-refractivity contribution in [1.29, 1.82) is 0 Å². The van der Waals surface area contributed by atoms with E-state index in [4.69, 9.17) is 22.1 Å². The first-order valence-corrected chi connectivity index (χ1v) is 8.42. The van der Waals surface area contributed by atoms with Crippen LogP contribution in [0.3, 0.4) is 0 Å². The van der Waals surface area contributed by atoms with Crippen molar-refractivity contribution in [3.05, 3.63) is 50.7 Å². The van der Waals surface area contributed by atoms with Gasteiger partial charge in [-0.25, -0.2) is 0 Å². The van der Waals surface area contributed by atoms with Crippen molar-refractivity contribution < 1.29 is 9.53 Å². The van der Waals surface area contributed by atoms with Gasteiger partial charge in [0.05, 0.1) is 17.2 Å². The molecule has 1 aromatic heterocycles. The van der Waals surface area contributed by atoms with Crippen molar-refractivity contribution in [1.82, 2.24) is 5.32 Å². The van der Waals surface area contributed by atoms with Crippen LogP contribution in [0.2, 0.25) is 5.02 Å². The Morgan fingerprint density at radius 2 is 2.36 bits per heavy atom. The second-order valence-electron chi connectivity index (χ2n) is 5.25. The van der Waals surface area contributed by atoms with Crippen LogP contribution in [0, 0.1) is 0 Å². The number of carbonyl (C=O) groups excluding carboxylic acids is 1. The van der Waals surface area contributed by atoms with Crippen LogP contribution < -0.4 is 15.8 Å². The second-order valence-corrected chi connectivity index (χ2v) is 6.65. The number of nitrogens with two attached hydrogens (primary N) is 1. The Morgan fingerprint density at radius 1 is 1.50 bits per heavy atom. The second kappa shape index (κ2) is 6.69. The van der Waals surface area contributed by atoms with E-state index in [-0.39, 0.29) is 11.9 Å². The van der Waals surface area contributed by atoms with Gasteiger partial charge in [-0.3, -0.25) is 4.79 Å². The van der Waals surface area contributed by atoms with E-state index in [0.717, 1.165) is 29.0 Å². The van der Waals surface area contributed by atoms with E-state index in [2.05, 4.69) is 5.32 Å². The van der Waals surface area contributed by atoms with Crippen molar-refractivity contribution in [2.45, 2.75) is 25.4 Å². The number of rotatable bonds is 4. The van der Waals surface area contributed by atoms with Gasteiger partial charge in [0.15, 0.2) is 0 Å². The van der Waals surface area contributed by atoms with Crippen LogP contribution in [-0.4, -0.2) is 12.5 Å². The third kappa shape index (κ3) is 3.27. The number of benzene rings is 1. The van der Waals surface area contributed by atoms with E-state index in [9.17, 15) is 4.79 Å². The smallest absolute Gasteiger partial charge is 0.249 e. The maximum absolute atomic E-state index is 11.1. The molecule has 1 atom stereocenters. The summed E-state index contributed by atoms with van der Waals surface area (Å²) < 4.78 is 5.77. The van der Waals surface area contributed by atoms with Gasteiger partial charge in [-0.05, 0) is 25.0 Å². The lowest BCUT2D eigenvalue weighted by molar-refractivity contribution is 0.100. The van der Waals surface area contributed by atoms with Crippen LogP contribution in [0.4, 0.5) is 0 Å². The van der Waals surface area contributed by atoms with Gasteiger partial charge in [0, 0.05) is 28.4 Å². The van der Waals surface area contributed by atoms with Crippen molar-refractivity contribution in [2.24, 2.45) is 5.73 Å². The number of thiophene rings is 1. The first-order chi connectivity index (χ1) is 10.6. The SMILES string of the molecule is NC(=O)c1csc(CNC2CCCOc3c(Cl)cccc32)c1. The number of amides is 1. The lowest BCUT2D eigenvalue weighted by Crippen LogP contribution is -2.20. The van der Waals surface area contributed by atoms with E-state index < -0.39 is 0 Å². The van der Waals surface area contributed by atoms with Crippen LogP contribution in [-0.2, 0) is 6.54 Å². The molecule has 2 heterocycles. The summed E-state index contributed by atoms with van der Waals surface area (Å²) in [6.45, 7) is 1.37. The Morgan fingerprint density at radius 3 is 3.14 bits per heavy atom. The zero-order chi connectivity index (χ0) is 15.5. The average molecular weight is 337 g/mol. The Kier molecular flexibility index (Phi) is 4.66. The number of hydrogen-bond acceptors (Lipinski definition) is 4. The number of halogens is 1. The van der Waals surface area contributed by atoms with E-state index in [1.165, 1.54) is 11.3 Å². The van der Waals surface area contributed by atoms with Crippen molar-refractivity contribution >= 4 is 28.8 Å². The molecule has 0 spiro atoms. The van der Waals surface area contributed by atoms with Gasteiger partial charge in [0.2, 0.25) is 5.91 Å². The number of hydrogen-bond donors (Lipinski definition) is 2. The fraction of sp³-hybridized carbons (Fsp3) is 0.312. The zero-order valence-electron chi connectivity index (χ0n) is 12.0. The highest BCUT2D eigenvalue weighted by Crippen LogP contribution is 2.37. The highest BCUT2D eigenvalue weighted by Gasteiger charge is 2.21. The van der Waals surface area contributed by atoms with Crippen molar-refractivity contribution in [3.8, 4) is 5.75 Å². The molecule has 2 aromatic rings. The summed E-state index contributed by atoms with van der Waals surface area (Å²) in [4.78, 5) is 12.2. The molecule has 116 valence electrons. The first kappa shape index (κ1) is 15.3. The Bertz CT molecular complexity index is 687. The molecule has 3 rings (SSSR count). The molecule has 1 aliphatic rings. The summed E-state index contributed by atoms with van der Waals surface area (Å²) in [5, 5.41) is 5.98. The van der Waals surface area contributed by atoms with Crippen LogP contribution in [0.25, 0.3) is 0 Å². The number of para-hydroxylation sites is 1. The minimum Gasteiger partial charge on any atom is -0.492 e. The minimum absolute atomic E-state index is 0.190. The molecule has 0 radical (unpaired) electrons. The molecule has 1 aromatic carbocycles. The van der Waals surface area contributed by atoms with Crippen LogP contribution in [0.5, 0.6) is 5.75 Å². The number of carbonyl (C=O) groups is 1. The predicted octanol–water partition coefficient (Wildman–Crippen LogP) is 3.50. The highest BCUT2D eigenvalue weighted by atomic mass is 35.5. The minimum atomic E-state index is -0.387. The molecule has 22 heavy (non-hydrogen) atoms. The number of fused-ring (bicyclic) bond motifs is 1. The van der Waals surface area contributed by atoms with Crippen molar-refractivity contribution in [2.75, 3.05) is 6.61 Å². The van der Waals surface area contributed by atoms with Crippen molar-refractivity contribution in [3.63, 3.8) is 0 Å². The summed E-state index contributed by atoms with van der Waals surface area (Å²) in [6.07, 6.45) is 1.96. The number of primary amides is 1. The molecule has 0 fully saturated rings. The third-order valence-electron chi connectivity index (χ3n) is 3.72. The summed E-state index contributed by atoms with van der Waals surface area (Å²) in [5.74, 6) is 0.394. The van der Waals surface area contributed by atoms with Gasteiger partial charge < -0.3 is 15.8 Å². The maximum atomic E-state index is 11.1. The van der Waals surface area contributed by atoms with Gasteiger partial charge in [-0.2, -0.15) is 0 Å². The normalized spacial score (nSPS) is 17.4. The predicted molar refractivity (Wildman–Crippen MR) is 88.6 cm³/mol. The largest absolute Gasteiger partial charge is 0.492 e. The summed E-state index contributed by atoms with van der Waals surface area (Å²) in [6, 6.07) is 7.87. The number of nitrogens with one attached hydrogen (secondary N) is 1. The summed E-state index contributed by atoms with van der Waals surface area (Å²) >= 11 is 7.77. The maximum Gasteiger partial charge on any atom is 0.249 e. The van der Waals surface area contributed by atoms with E-state index in [0.29, 0.717) is 23.7 Å². The molecule has 0 saturated carbocycles. The summed E-state index contributed by atoms with van der Waals surface area (Å²) in [5.41, 5.74) is 6.94. The van der Waals surface area contributed by atoms with Gasteiger partial charge in [0.25, 0.3) is 0 Å². The monoisotopic (exact) mass is 336 g/mol. The molecule has 1 unspecified atom stereocenters. The standard InChI is InChI=1S/C16H17ClN2O2S/c17-13-4-1-3-12-14(5-2-6-21-15(12)13)19-8-11-7-10(9-22-11)16(18)20/h1,3-4,7,9,14,19H,2,5-6,8H2,(H2,18,20). The van der Waals surface area contributed by atoms with E-state index >= 15 is 0 Å². The molecule has 3 N–H and O–H groups in total. The highest BCUT2D eigenvalue weighted by molar-refractivity contribution is 7.10. The van der Waals surface area contributed by atoms with Gasteiger partial charge in [-0.15, -0.1) is 11.3 Å². The third-order valence-corrected chi connectivity index (χ3v) is 4.95. The van der Waals surface area contributed by atoms with Gasteiger partial charge in [-0.1, -0.05) is 23.7 Å². The van der Waals surface area contributed by atoms with E-state index in [1.54, 1.807) is 5.38 Å². The first-order valence-electron chi connectivity index (χ1n) is 7.17. The Labute approximate surface area is 138 Å². The fourth-order valence-corrected chi connectivity index (χ4v) is 3.67. The van der Waals surface area contributed by atoms with Crippen LogP contribution in [0.1, 0.15) is 39.7 Å². The molecule has 0 aliphatic carbocycles. The lowest BCUT2D eigenvalue weighted by atomic mass is 10.0. The Balaban J connectivity index is 1.75. The van der Waals surface area contributed by atoms with Crippen LogP contribution >= 0.6 is 22.9 Å². The molecule has 1 aliphatic heterocycles. The molecule has 0 bridgehead atoms. The van der Waals surface area contributed by atoms with Gasteiger partial charge in [0.1, 0.15) is 5.75 Å². The van der Waals surface area contributed by atoms with Gasteiger partial charge >= 0.3 is 0 Å². The zero-order valence-corrected chi connectivity index (χ0v) is 13.5. The summed E-state index contributed by atoms with van der Waals surface area (Å²) in [7, 11) is 0. The molecule has 0 saturated heterocycles. The van der Waals surface area contributed by atoms with E-state index in [1.807, 2.05) is 24.3 Å². The molecule has 1 amide bonds. The molecular weight excluding hydrogens is 320 g/mol. The average Bonchev–Trinajstić information content (AvgIpc) is 2.87. The number of ether oxygens (including phenoxy) is 1. The van der Waals surface area contributed by atoms with Crippen LogP contribution in [0.15, 0.2) is 29.6 Å². The molecule has 6 heteroatoms. The lowest BCUT2D eigenvalue weighted by Gasteiger charge is -2.18.